The van der Waals surface area contributed by atoms with Crippen molar-refractivity contribution in [1.82, 2.24) is 20.8 Å². The second-order valence-corrected chi connectivity index (χ2v) is 7.39. The summed E-state index contributed by atoms with van der Waals surface area (Å²) in [4.78, 5) is 12.2. The lowest BCUT2D eigenvalue weighted by Gasteiger charge is -2.12. The maximum absolute atomic E-state index is 13.3. The van der Waals surface area contributed by atoms with Crippen LogP contribution in [0.15, 0.2) is 48.5 Å². The fraction of sp³-hybridized carbons (Fsp3) is 0.250. The van der Waals surface area contributed by atoms with E-state index in [0.29, 0.717) is 23.1 Å². The largest absolute Gasteiger partial charge is 0.346 e. The normalized spacial score (nSPS) is 12.0. The van der Waals surface area contributed by atoms with Crippen molar-refractivity contribution in [2.45, 2.75) is 33.0 Å². The third-order valence-electron chi connectivity index (χ3n) is 4.14. The molecule has 0 saturated heterocycles. The van der Waals surface area contributed by atoms with Crippen LogP contribution in [0.25, 0.3) is 0 Å². The van der Waals surface area contributed by atoms with Gasteiger partial charge in [-0.1, -0.05) is 53.3 Å². The summed E-state index contributed by atoms with van der Waals surface area (Å²) in [5.41, 5.74) is 3.07. The minimum absolute atomic E-state index is 0.0385. The van der Waals surface area contributed by atoms with Gasteiger partial charge in [0.1, 0.15) is 10.8 Å². The van der Waals surface area contributed by atoms with E-state index in [1.54, 1.807) is 6.07 Å². The molecule has 0 saturated carbocycles. The van der Waals surface area contributed by atoms with E-state index in [0.717, 1.165) is 11.1 Å². The van der Waals surface area contributed by atoms with Crippen molar-refractivity contribution in [2.24, 2.45) is 0 Å². The van der Waals surface area contributed by atoms with E-state index in [1.165, 1.54) is 29.0 Å². The quantitative estimate of drug-likeness (QED) is 0.651. The summed E-state index contributed by atoms with van der Waals surface area (Å²) in [6.07, 6.45) is 0. The first-order valence-electron chi connectivity index (χ1n) is 8.66. The molecule has 27 heavy (non-hydrogen) atoms. The lowest BCUT2D eigenvalue weighted by Crippen LogP contribution is -2.22. The van der Waals surface area contributed by atoms with Crippen LogP contribution in [-0.4, -0.2) is 16.1 Å². The Kier molecular flexibility index (Phi) is 6.26. The Labute approximate surface area is 161 Å². The number of hydrogen-bond acceptors (Lipinski definition) is 5. The van der Waals surface area contributed by atoms with E-state index in [-0.39, 0.29) is 17.8 Å². The number of carbonyl (C=O) groups is 1. The van der Waals surface area contributed by atoms with Gasteiger partial charge in [0.2, 0.25) is 5.01 Å². The summed E-state index contributed by atoms with van der Waals surface area (Å²) in [7, 11) is 0. The Morgan fingerprint density at radius 3 is 2.67 bits per heavy atom. The number of carbonyl (C=O) groups excluding carboxylic acids is 1. The van der Waals surface area contributed by atoms with E-state index in [9.17, 15) is 9.18 Å². The summed E-state index contributed by atoms with van der Waals surface area (Å²) < 4.78 is 13.3. The van der Waals surface area contributed by atoms with E-state index in [1.807, 2.05) is 44.2 Å². The summed E-state index contributed by atoms with van der Waals surface area (Å²) in [5, 5.41) is 15.2. The van der Waals surface area contributed by atoms with Crippen LogP contribution in [0.5, 0.6) is 0 Å². The second-order valence-electron chi connectivity index (χ2n) is 6.33. The van der Waals surface area contributed by atoms with Crippen molar-refractivity contribution in [2.75, 3.05) is 0 Å². The van der Waals surface area contributed by atoms with Gasteiger partial charge in [-0.15, -0.1) is 10.2 Å². The highest BCUT2D eigenvalue weighted by Gasteiger charge is 2.13. The number of halogens is 1. The first-order valence-corrected chi connectivity index (χ1v) is 9.48. The Morgan fingerprint density at radius 2 is 1.93 bits per heavy atom. The van der Waals surface area contributed by atoms with Gasteiger partial charge < -0.3 is 10.6 Å². The van der Waals surface area contributed by atoms with Gasteiger partial charge in [-0.3, -0.25) is 4.79 Å². The third-order valence-corrected chi connectivity index (χ3v) is 5.06. The molecule has 1 heterocycles. The molecule has 1 atom stereocenters. The van der Waals surface area contributed by atoms with Crippen LogP contribution in [0.2, 0.25) is 0 Å². The van der Waals surface area contributed by atoms with Crippen molar-refractivity contribution < 1.29 is 9.18 Å². The smallest absolute Gasteiger partial charge is 0.282 e. The van der Waals surface area contributed by atoms with E-state index in [2.05, 4.69) is 20.8 Å². The number of aromatic nitrogens is 2. The molecule has 3 aromatic rings. The molecule has 7 heteroatoms. The summed E-state index contributed by atoms with van der Waals surface area (Å²) in [6, 6.07) is 14.4. The molecular weight excluding hydrogens is 363 g/mol. The van der Waals surface area contributed by atoms with Gasteiger partial charge in [0.05, 0.1) is 6.54 Å². The number of aryl methyl sites for hydroxylation is 1. The molecule has 0 fully saturated rings. The maximum Gasteiger partial charge on any atom is 0.282 e. The van der Waals surface area contributed by atoms with Crippen molar-refractivity contribution in [3.05, 3.63) is 81.1 Å². The molecule has 0 spiro atoms. The number of rotatable bonds is 7. The molecule has 0 unspecified atom stereocenters. The number of nitrogens with zero attached hydrogens (tertiary/aromatic N) is 2. The van der Waals surface area contributed by atoms with Gasteiger partial charge in [-0.2, -0.15) is 0 Å². The number of hydrogen-bond donors (Lipinski definition) is 2. The Morgan fingerprint density at radius 1 is 1.15 bits per heavy atom. The third kappa shape index (κ3) is 5.42. The highest BCUT2D eigenvalue weighted by Crippen LogP contribution is 2.16. The van der Waals surface area contributed by atoms with Crippen molar-refractivity contribution in [1.29, 1.82) is 0 Å². The number of nitrogens with one attached hydrogen (secondary N) is 2. The average Bonchev–Trinajstić information content (AvgIpc) is 3.14. The molecule has 5 nitrogen and oxygen atoms in total. The van der Waals surface area contributed by atoms with E-state index in [4.69, 9.17) is 0 Å². The highest BCUT2D eigenvalue weighted by atomic mass is 32.1. The second kappa shape index (κ2) is 8.83. The zero-order valence-corrected chi connectivity index (χ0v) is 16.0. The Balaban J connectivity index is 1.51. The van der Waals surface area contributed by atoms with Crippen LogP contribution >= 0.6 is 11.3 Å². The van der Waals surface area contributed by atoms with Crippen LogP contribution < -0.4 is 10.6 Å². The molecule has 0 bridgehead atoms. The lowest BCUT2D eigenvalue weighted by atomic mass is 10.1. The van der Waals surface area contributed by atoms with Gasteiger partial charge in [-0.05, 0) is 37.1 Å². The van der Waals surface area contributed by atoms with Crippen LogP contribution in [0.3, 0.4) is 0 Å². The summed E-state index contributed by atoms with van der Waals surface area (Å²) >= 11 is 1.25. The molecule has 2 aromatic carbocycles. The first kappa shape index (κ1) is 19.1. The highest BCUT2D eigenvalue weighted by molar-refractivity contribution is 7.13. The van der Waals surface area contributed by atoms with Crippen LogP contribution in [-0.2, 0) is 13.1 Å². The predicted octanol–water partition coefficient (Wildman–Crippen LogP) is 3.77. The van der Waals surface area contributed by atoms with Crippen LogP contribution in [0.1, 0.15) is 44.5 Å². The summed E-state index contributed by atoms with van der Waals surface area (Å²) in [5.74, 6) is -0.498. The van der Waals surface area contributed by atoms with Gasteiger partial charge in [-0.25, -0.2) is 4.39 Å². The molecule has 1 aromatic heterocycles. The SMILES string of the molecule is Cc1ccc(CNC(=O)c2nnc(CN[C@@H](C)c3cccc(F)c3)s2)cc1. The predicted molar refractivity (Wildman–Crippen MR) is 104 cm³/mol. The fourth-order valence-corrected chi connectivity index (χ4v) is 3.22. The minimum Gasteiger partial charge on any atom is -0.346 e. The first-order chi connectivity index (χ1) is 13.0. The minimum atomic E-state index is -0.260. The molecule has 0 aliphatic heterocycles. The molecule has 0 aliphatic carbocycles. The Hall–Kier alpha value is -2.64. The maximum atomic E-state index is 13.3. The molecule has 2 N–H and O–H groups in total. The zero-order valence-electron chi connectivity index (χ0n) is 15.2. The van der Waals surface area contributed by atoms with Crippen LogP contribution in [0.4, 0.5) is 4.39 Å². The lowest BCUT2D eigenvalue weighted by molar-refractivity contribution is 0.0950. The monoisotopic (exact) mass is 384 g/mol. The van der Waals surface area contributed by atoms with Gasteiger partial charge in [0.15, 0.2) is 0 Å². The molecule has 0 aliphatic rings. The van der Waals surface area contributed by atoms with Crippen molar-refractivity contribution in [3.8, 4) is 0 Å². The molecule has 140 valence electrons. The Bertz CT molecular complexity index is 910. The van der Waals surface area contributed by atoms with Crippen molar-refractivity contribution >= 4 is 17.2 Å². The van der Waals surface area contributed by atoms with Gasteiger partial charge in [0.25, 0.3) is 5.91 Å². The van der Waals surface area contributed by atoms with Crippen molar-refractivity contribution in [3.63, 3.8) is 0 Å². The van der Waals surface area contributed by atoms with E-state index < -0.39 is 0 Å². The zero-order chi connectivity index (χ0) is 19.2. The topological polar surface area (TPSA) is 66.9 Å². The standard InChI is InChI=1S/C20H21FN4OS/c1-13-6-8-15(9-7-13)11-23-19(26)20-25-24-18(27-20)12-22-14(2)16-4-3-5-17(21)10-16/h3-10,14,22H,11-12H2,1-2H3,(H,23,26)/t14-/m0/s1. The summed E-state index contributed by atoms with van der Waals surface area (Å²) in [6.45, 7) is 4.88. The van der Waals surface area contributed by atoms with E-state index >= 15 is 0 Å². The molecule has 1 amide bonds. The fourth-order valence-electron chi connectivity index (χ4n) is 2.51. The number of amides is 1. The van der Waals surface area contributed by atoms with Crippen LogP contribution in [0, 0.1) is 12.7 Å². The molecular formula is C20H21FN4OS. The molecule has 0 radical (unpaired) electrons. The number of benzene rings is 2. The van der Waals surface area contributed by atoms with Gasteiger partial charge >= 0.3 is 0 Å². The molecule has 3 rings (SSSR count). The van der Waals surface area contributed by atoms with Gasteiger partial charge in [0, 0.05) is 12.6 Å². The average molecular weight is 384 g/mol.